The minimum atomic E-state index is -0.161. The molecule has 22 heavy (non-hydrogen) atoms. The van der Waals surface area contributed by atoms with Gasteiger partial charge in [0, 0.05) is 20.9 Å². The van der Waals surface area contributed by atoms with E-state index in [0.29, 0.717) is 10.6 Å². The van der Waals surface area contributed by atoms with Crippen molar-refractivity contribution in [2.75, 3.05) is 11.6 Å². The molecule has 3 aromatic rings. The number of hydrogen-bond acceptors (Lipinski definition) is 2. The van der Waals surface area contributed by atoms with Crippen molar-refractivity contribution in [2.45, 2.75) is 4.90 Å². The highest BCUT2D eigenvalue weighted by atomic mass is 35.5. The van der Waals surface area contributed by atoms with Crippen molar-refractivity contribution in [3.63, 3.8) is 0 Å². The van der Waals surface area contributed by atoms with Crippen molar-refractivity contribution in [2.24, 2.45) is 0 Å². The Hall–Kier alpha value is -1.97. The van der Waals surface area contributed by atoms with E-state index in [9.17, 15) is 4.79 Å². The molecule has 0 aliphatic carbocycles. The number of benzene rings is 3. The number of halogens is 1. The molecular formula is C18H14ClNOS. The van der Waals surface area contributed by atoms with E-state index in [1.165, 1.54) is 0 Å². The van der Waals surface area contributed by atoms with E-state index < -0.39 is 0 Å². The first-order chi connectivity index (χ1) is 10.7. The first-order valence-corrected chi connectivity index (χ1v) is 8.42. The van der Waals surface area contributed by atoms with Crippen LogP contribution in [0.3, 0.4) is 0 Å². The molecule has 0 radical (unpaired) electrons. The van der Waals surface area contributed by atoms with Gasteiger partial charge in [0.05, 0.1) is 5.69 Å². The zero-order valence-electron chi connectivity index (χ0n) is 12.0. The predicted molar refractivity (Wildman–Crippen MR) is 95.1 cm³/mol. The first kappa shape index (κ1) is 14.9. The van der Waals surface area contributed by atoms with Gasteiger partial charge in [-0.1, -0.05) is 41.9 Å². The van der Waals surface area contributed by atoms with Gasteiger partial charge >= 0.3 is 0 Å². The Labute approximate surface area is 138 Å². The molecule has 110 valence electrons. The highest BCUT2D eigenvalue weighted by molar-refractivity contribution is 7.98. The van der Waals surface area contributed by atoms with E-state index >= 15 is 0 Å². The molecule has 0 aliphatic heterocycles. The van der Waals surface area contributed by atoms with Crippen LogP contribution < -0.4 is 5.32 Å². The molecule has 0 spiro atoms. The summed E-state index contributed by atoms with van der Waals surface area (Å²) in [5.41, 5.74) is 1.36. The molecular weight excluding hydrogens is 314 g/mol. The van der Waals surface area contributed by atoms with E-state index in [2.05, 4.69) is 11.4 Å². The second-order valence-electron chi connectivity index (χ2n) is 4.83. The predicted octanol–water partition coefficient (Wildman–Crippen LogP) is 5.47. The van der Waals surface area contributed by atoms with Gasteiger partial charge in [-0.25, -0.2) is 0 Å². The quantitative estimate of drug-likeness (QED) is 0.646. The molecule has 0 heterocycles. The maximum absolute atomic E-state index is 12.4. The normalized spacial score (nSPS) is 10.6. The fraction of sp³-hybridized carbons (Fsp3) is 0.0556. The van der Waals surface area contributed by atoms with E-state index in [1.54, 1.807) is 36.0 Å². The second kappa shape index (κ2) is 6.42. The van der Waals surface area contributed by atoms with Gasteiger partial charge in [0.25, 0.3) is 5.91 Å². The molecule has 0 atom stereocenters. The lowest BCUT2D eigenvalue weighted by molar-refractivity contribution is 0.102. The molecule has 3 aromatic carbocycles. The molecule has 0 aliphatic rings. The number of anilines is 1. The summed E-state index contributed by atoms with van der Waals surface area (Å²) in [7, 11) is 0. The van der Waals surface area contributed by atoms with Gasteiger partial charge in [0.15, 0.2) is 0 Å². The molecule has 3 rings (SSSR count). The van der Waals surface area contributed by atoms with Crippen LogP contribution in [-0.4, -0.2) is 12.2 Å². The highest BCUT2D eigenvalue weighted by Gasteiger charge is 2.10. The minimum Gasteiger partial charge on any atom is -0.321 e. The van der Waals surface area contributed by atoms with Crippen molar-refractivity contribution < 1.29 is 4.79 Å². The van der Waals surface area contributed by atoms with Gasteiger partial charge in [0.2, 0.25) is 0 Å². The van der Waals surface area contributed by atoms with Gasteiger partial charge in [-0.15, -0.1) is 11.8 Å². The van der Waals surface area contributed by atoms with Crippen LogP contribution in [-0.2, 0) is 0 Å². The van der Waals surface area contributed by atoms with E-state index in [0.717, 1.165) is 21.4 Å². The molecule has 0 fully saturated rings. The minimum absolute atomic E-state index is 0.161. The van der Waals surface area contributed by atoms with Crippen LogP contribution >= 0.6 is 23.4 Å². The average molecular weight is 328 g/mol. The summed E-state index contributed by atoms with van der Waals surface area (Å²) in [4.78, 5) is 13.6. The maximum Gasteiger partial charge on any atom is 0.255 e. The zero-order valence-corrected chi connectivity index (χ0v) is 13.5. The topological polar surface area (TPSA) is 29.1 Å². The van der Waals surface area contributed by atoms with Crippen molar-refractivity contribution in [3.8, 4) is 0 Å². The molecule has 0 saturated carbocycles. The summed E-state index contributed by atoms with van der Waals surface area (Å²) in [6.45, 7) is 0. The van der Waals surface area contributed by atoms with Gasteiger partial charge in [-0.3, -0.25) is 4.79 Å². The van der Waals surface area contributed by atoms with Crippen LogP contribution in [0.25, 0.3) is 10.8 Å². The number of amides is 1. The number of fused-ring (bicyclic) bond motifs is 1. The molecule has 1 amide bonds. The number of thioether (sulfide) groups is 1. The molecule has 0 unspecified atom stereocenters. The third kappa shape index (κ3) is 2.96. The maximum atomic E-state index is 12.4. The zero-order chi connectivity index (χ0) is 15.5. The Morgan fingerprint density at radius 3 is 2.50 bits per heavy atom. The van der Waals surface area contributed by atoms with Crippen molar-refractivity contribution in [1.29, 1.82) is 0 Å². The van der Waals surface area contributed by atoms with Gasteiger partial charge < -0.3 is 5.32 Å². The Kier molecular flexibility index (Phi) is 4.36. The standard InChI is InChI=1S/C18H14ClNOS/c1-22-16-10-4-6-12-5-3-9-15(17(12)16)20-18(21)13-7-2-8-14(19)11-13/h2-11H,1H3,(H,20,21). The van der Waals surface area contributed by atoms with E-state index in [4.69, 9.17) is 11.6 Å². The fourth-order valence-corrected chi connectivity index (χ4v) is 3.24. The largest absolute Gasteiger partial charge is 0.321 e. The highest BCUT2D eigenvalue weighted by Crippen LogP contribution is 2.32. The van der Waals surface area contributed by atoms with Gasteiger partial charge in [-0.2, -0.15) is 0 Å². The number of hydrogen-bond donors (Lipinski definition) is 1. The number of nitrogens with one attached hydrogen (secondary N) is 1. The van der Waals surface area contributed by atoms with Gasteiger partial charge in [-0.05, 0) is 42.0 Å². The summed E-state index contributed by atoms with van der Waals surface area (Å²) in [6, 6.07) is 19.0. The first-order valence-electron chi connectivity index (χ1n) is 6.81. The molecule has 0 bridgehead atoms. The van der Waals surface area contributed by atoms with Crippen LogP contribution in [0.15, 0.2) is 65.6 Å². The monoisotopic (exact) mass is 327 g/mol. The van der Waals surface area contributed by atoms with E-state index in [1.807, 2.05) is 36.6 Å². The third-order valence-electron chi connectivity index (χ3n) is 3.42. The van der Waals surface area contributed by atoms with Crippen LogP contribution in [0.2, 0.25) is 5.02 Å². The molecule has 0 aromatic heterocycles. The summed E-state index contributed by atoms with van der Waals surface area (Å²) in [6.07, 6.45) is 2.03. The SMILES string of the molecule is CSc1cccc2cccc(NC(=O)c3cccc(Cl)c3)c12. The molecule has 2 nitrogen and oxygen atoms in total. The van der Waals surface area contributed by atoms with Crippen LogP contribution in [0.1, 0.15) is 10.4 Å². The second-order valence-corrected chi connectivity index (χ2v) is 6.11. The molecule has 4 heteroatoms. The lowest BCUT2D eigenvalue weighted by atomic mass is 10.1. The lowest BCUT2D eigenvalue weighted by Crippen LogP contribution is -2.12. The van der Waals surface area contributed by atoms with E-state index in [-0.39, 0.29) is 5.91 Å². The molecule has 1 N–H and O–H groups in total. The number of carbonyl (C=O) groups is 1. The average Bonchev–Trinajstić information content (AvgIpc) is 2.54. The summed E-state index contributed by atoms with van der Waals surface area (Å²) >= 11 is 7.62. The smallest absolute Gasteiger partial charge is 0.255 e. The lowest BCUT2D eigenvalue weighted by Gasteiger charge is -2.12. The van der Waals surface area contributed by atoms with Crippen molar-refractivity contribution >= 4 is 45.7 Å². The fourth-order valence-electron chi connectivity index (χ4n) is 2.41. The number of carbonyl (C=O) groups excluding carboxylic acids is 1. The Morgan fingerprint density at radius 2 is 1.77 bits per heavy atom. The summed E-state index contributed by atoms with van der Waals surface area (Å²) in [5, 5.41) is 5.71. The molecule has 0 saturated heterocycles. The Bertz CT molecular complexity index is 842. The van der Waals surface area contributed by atoms with Gasteiger partial charge in [0.1, 0.15) is 0 Å². The summed E-state index contributed by atoms with van der Waals surface area (Å²) < 4.78 is 0. The Morgan fingerprint density at radius 1 is 1.05 bits per heavy atom. The van der Waals surface area contributed by atoms with Crippen LogP contribution in [0.5, 0.6) is 0 Å². The third-order valence-corrected chi connectivity index (χ3v) is 4.44. The van der Waals surface area contributed by atoms with Crippen LogP contribution in [0.4, 0.5) is 5.69 Å². The van der Waals surface area contributed by atoms with Crippen LogP contribution in [0, 0.1) is 0 Å². The van der Waals surface area contributed by atoms with Crippen molar-refractivity contribution in [3.05, 3.63) is 71.2 Å². The van der Waals surface area contributed by atoms with Crippen molar-refractivity contribution in [1.82, 2.24) is 0 Å². The number of rotatable bonds is 3. The Balaban J connectivity index is 2.02. The summed E-state index contributed by atoms with van der Waals surface area (Å²) in [5.74, 6) is -0.161.